The van der Waals surface area contributed by atoms with Crippen molar-refractivity contribution in [3.8, 4) is 0 Å². The number of benzene rings is 1. The van der Waals surface area contributed by atoms with Gasteiger partial charge in [0.25, 0.3) is 0 Å². The van der Waals surface area contributed by atoms with Crippen LogP contribution in [0.4, 0.5) is 4.39 Å². The molecule has 0 spiro atoms. The van der Waals surface area contributed by atoms with Crippen LogP contribution in [0.1, 0.15) is 24.8 Å². The van der Waals surface area contributed by atoms with Gasteiger partial charge in [0, 0.05) is 18.4 Å². The maximum atomic E-state index is 13.4. The summed E-state index contributed by atoms with van der Waals surface area (Å²) in [5.41, 5.74) is 6.34. The second kappa shape index (κ2) is 4.74. The van der Waals surface area contributed by atoms with E-state index in [1.54, 1.807) is 18.2 Å². The molecule has 1 aromatic rings. The first-order chi connectivity index (χ1) is 7.68. The summed E-state index contributed by atoms with van der Waals surface area (Å²) in [4.78, 5) is 11.9. The minimum atomic E-state index is -0.303. The smallest absolute Gasteiger partial charge is 0.141 e. The third-order valence-electron chi connectivity index (χ3n) is 3.31. The third-order valence-corrected chi connectivity index (χ3v) is 3.31. The molecule has 1 aliphatic rings. The van der Waals surface area contributed by atoms with Crippen LogP contribution in [-0.2, 0) is 11.2 Å². The van der Waals surface area contributed by atoms with Crippen molar-refractivity contribution in [3.63, 3.8) is 0 Å². The van der Waals surface area contributed by atoms with Crippen molar-refractivity contribution in [2.24, 2.45) is 11.7 Å². The topological polar surface area (TPSA) is 43.1 Å². The first-order valence-electron chi connectivity index (χ1n) is 5.70. The molecule has 2 N–H and O–H groups in total. The Bertz CT molecular complexity index is 391. The van der Waals surface area contributed by atoms with E-state index in [1.165, 1.54) is 6.07 Å². The van der Waals surface area contributed by atoms with E-state index in [9.17, 15) is 9.18 Å². The first kappa shape index (κ1) is 11.3. The Morgan fingerprint density at radius 1 is 1.38 bits per heavy atom. The SMILES string of the molecule is NC1CCCC1C(=O)Cc1ccccc1F. The van der Waals surface area contributed by atoms with Crippen LogP contribution in [0.2, 0.25) is 0 Å². The average molecular weight is 221 g/mol. The number of hydrogen-bond donors (Lipinski definition) is 1. The monoisotopic (exact) mass is 221 g/mol. The van der Waals surface area contributed by atoms with Gasteiger partial charge in [0.2, 0.25) is 0 Å². The minimum Gasteiger partial charge on any atom is -0.327 e. The van der Waals surface area contributed by atoms with Gasteiger partial charge in [0.1, 0.15) is 11.6 Å². The highest BCUT2D eigenvalue weighted by Gasteiger charge is 2.30. The van der Waals surface area contributed by atoms with Crippen molar-refractivity contribution >= 4 is 5.78 Å². The van der Waals surface area contributed by atoms with Gasteiger partial charge in [-0.25, -0.2) is 4.39 Å². The maximum absolute atomic E-state index is 13.4. The van der Waals surface area contributed by atoms with Crippen molar-refractivity contribution in [1.29, 1.82) is 0 Å². The second-order valence-corrected chi connectivity index (χ2v) is 4.44. The zero-order chi connectivity index (χ0) is 11.5. The van der Waals surface area contributed by atoms with Crippen LogP contribution in [0.15, 0.2) is 24.3 Å². The fourth-order valence-corrected chi connectivity index (χ4v) is 2.35. The summed E-state index contributed by atoms with van der Waals surface area (Å²) in [6.45, 7) is 0. The average Bonchev–Trinajstić information content (AvgIpc) is 2.68. The fraction of sp³-hybridized carbons (Fsp3) is 0.462. The Labute approximate surface area is 94.6 Å². The van der Waals surface area contributed by atoms with Gasteiger partial charge in [0.15, 0.2) is 0 Å². The Balaban J connectivity index is 2.05. The second-order valence-electron chi connectivity index (χ2n) is 4.44. The Kier molecular flexibility index (Phi) is 3.34. The molecule has 1 fully saturated rings. The van der Waals surface area contributed by atoms with Crippen LogP contribution in [0, 0.1) is 11.7 Å². The van der Waals surface area contributed by atoms with E-state index in [2.05, 4.69) is 0 Å². The lowest BCUT2D eigenvalue weighted by atomic mass is 9.94. The molecule has 1 aliphatic carbocycles. The molecule has 2 atom stereocenters. The lowest BCUT2D eigenvalue weighted by Crippen LogP contribution is -2.31. The summed E-state index contributed by atoms with van der Waals surface area (Å²) in [6.07, 6.45) is 2.95. The van der Waals surface area contributed by atoms with E-state index >= 15 is 0 Å². The molecule has 0 saturated heterocycles. The summed E-state index contributed by atoms with van der Waals surface area (Å²) in [5.74, 6) is -0.294. The molecule has 0 amide bonds. The Hall–Kier alpha value is -1.22. The van der Waals surface area contributed by atoms with Crippen molar-refractivity contribution in [2.75, 3.05) is 0 Å². The van der Waals surface area contributed by atoms with Gasteiger partial charge < -0.3 is 5.73 Å². The van der Waals surface area contributed by atoms with E-state index in [1.807, 2.05) is 0 Å². The largest absolute Gasteiger partial charge is 0.327 e. The Morgan fingerprint density at radius 2 is 2.12 bits per heavy atom. The van der Waals surface area contributed by atoms with Gasteiger partial charge in [-0.15, -0.1) is 0 Å². The summed E-state index contributed by atoms with van der Waals surface area (Å²) in [5, 5.41) is 0. The number of ketones is 1. The molecule has 16 heavy (non-hydrogen) atoms. The lowest BCUT2D eigenvalue weighted by Gasteiger charge is -2.13. The predicted molar refractivity (Wildman–Crippen MR) is 60.4 cm³/mol. The van der Waals surface area contributed by atoms with Crippen LogP contribution in [-0.4, -0.2) is 11.8 Å². The van der Waals surface area contributed by atoms with Gasteiger partial charge in [0.05, 0.1) is 0 Å². The van der Waals surface area contributed by atoms with Gasteiger partial charge in [-0.3, -0.25) is 4.79 Å². The van der Waals surface area contributed by atoms with Crippen molar-refractivity contribution < 1.29 is 9.18 Å². The highest BCUT2D eigenvalue weighted by Crippen LogP contribution is 2.26. The molecule has 0 radical (unpaired) electrons. The highest BCUT2D eigenvalue weighted by molar-refractivity contribution is 5.84. The first-order valence-corrected chi connectivity index (χ1v) is 5.70. The van der Waals surface area contributed by atoms with Gasteiger partial charge in [-0.05, 0) is 24.5 Å². The molecule has 86 valence electrons. The van der Waals surface area contributed by atoms with E-state index < -0.39 is 0 Å². The molecule has 0 heterocycles. The zero-order valence-corrected chi connectivity index (χ0v) is 9.16. The van der Waals surface area contributed by atoms with Crippen LogP contribution in [0.25, 0.3) is 0 Å². The minimum absolute atomic E-state index is 0.0285. The fourth-order valence-electron chi connectivity index (χ4n) is 2.35. The summed E-state index contributed by atoms with van der Waals surface area (Å²) >= 11 is 0. The van der Waals surface area contributed by atoms with Gasteiger partial charge in [-0.1, -0.05) is 24.6 Å². The number of hydrogen-bond acceptors (Lipinski definition) is 2. The van der Waals surface area contributed by atoms with Crippen molar-refractivity contribution in [1.82, 2.24) is 0 Å². The molecule has 0 aromatic heterocycles. The molecule has 3 heteroatoms. The number of halogens is 1. The standard InChI is InChI=1S/C13H16FNO/c14-11-6-2-1-4-9(11)8-13(16)10-5-3-7-12(10)15/h1-2,4,6,10,12H,3,5,7-8,15H2. The van der Waals surface area contributed by atoms with E-state index in [4.69, 9.17) is 5.73 Å². The van der Waals surface area contributed by atoms with Crippen LogP contribution in [0.3, 0.4) is 0 Å². The number of carbonyl (C=O) groups excluding carboxylic acids is 1. The third kappa shape index (κ3) is 2.30. The summed E-state index contributed by atoms with van der Waals surface area (Å²) in [6, 6.07) is 6.40. The van der Waals surface area contributed by atoms with Crippen LogP contribution >= 0.6 is 0 Å². The van der Waals surface area contributed by atoms with Crippen molar-refractivity contribution in [2.45, 2.75) is 31.7 Å². The molecule has 1 saturated carbocycles. The van der Waals surface area contributed by atoms with Gasteiger partial charge in [-0.2, -0.15) is 0 Å². The number of rotatable bonds is 3. The molecular formula is C13H16FNO. The predicted octanol–water partition coefficient (Wildman–Crippen LogP) is 2.06. The lowest BCUT2D eigenvalue weighted by molar-refractivity contribution is -0.122. The molecule has 0 bridgehead atoms. The van der Waals surface area contributed by atoms with Crippen molar-refractivity contribution in [3.05, 3.63) is 35.6 Å². The number of carbonyl (C=O) groups is 1. The van der Waals surface area contributed by atoms with Crippen LogP contribution < -0.4 is 5.73 Å². The number of Topliss-reactive ketones (excluding diaryl/α,β-unsaturated/α-hetero) is 1. The molecular weight excluding hydrogens is 205 g/mol. The normalized spacial score (nSPS) is 24.6. The maximum Gasteiger partial charge on any atom is 0.141 e. The quantitative estimate of drug-likeness (QED) is 0.849. The van der Waals surface area contributed by atoms with Crippen LogP contribution in [0.5, 0.6) is 0 Å². The van der Waals surface area contributed by atoms with E-state index in [-0.39, 0.29) is 30.0 Å². The molecule has 1 aromatic carbocycles. The van der Waals surface area contributed by atoms with E-state index in [0.717, 1.165) is 19.3 Å². The molecule has 0 aliphatic heterocycles. The summed E-state index contributed by atoms with van der Waals surface area (Å²) < 4.78 is 13.4. The summed E-state index contributed by atoms with van der Waals surface area (Å²) in [7, 11) is 0. The molecule has 2 unspecified atom stereocenters. The Morgan fingerprint density at radius 3 is 2.75 bits per heavy atom. The molecule has 2 rings (SSSR count). The highest BCUT2D eigenvalue weighted by atomic mass is 19.1. The van der Waals surface area contributed by atoms with Gasteiger partial charge >= 0.3 is 0 Å². The number of nitrogens with two attached hydrogens (primary N) is 1. The van der Waals surface area contributed by atoms with E-state index in [0.29, 0.717) is 5.56 Å². The molecule has 2 nitrogen and oxygen atoms in total. The zero-order valence-electron chi connectivity index (χ0n) is 9.16.